The Bertz CT molecular complexity index is 295. The van der Waals surface area contributed by atoms with Gasteiger partial charge < -0.3 is 10.4 Å². The van der Waals surface area contributed by atoms with Crippen LogP contribution in [0.1, 0.15) is 32.6 Å². The molecule has 0 radical (unpaired) electrons. The number of aliphatic hydroxyl groups is 1. The predicted octanol–water partition coefficient (Wildman–Crippen LogP) is 0.437. The van der Waals surface area contributed by atoms with Crippen molar-refractivity contribution >= 4 is 11.9 Å². The number of carbonyl (C=O) groups is 2. The van der Waals surface area contributed by atoms with Crippen molar-refractivity contribution in [2.45, 2.75) is 38.1 Å². The van der Waals surface area contributed by atoms with E-state index in [1.807, 2.05) is 0 Å². The number of rotatable bonds is 1. The maximum Gasteiger partial charge on any atom is 0.326 e. The van der Waals surface area contributed by atoms with Crippen molar-refractivity contribution in [3.8, 4) is 0 Å². The van der Waals surface area contributed by atoms with Crippen LogP contribution in [0.3, 0.4) is 0 Å². The Kier molecular flexibility index (Phi) is 2.42. The Morgan fingerprint density at radius 3 is 2.53 bits per heavy atom. The second-order valence-electron chi connectivity index (χ2n) is 4.57. The monoisotopic (exact) mass is 212 g/mol. The van der Waals surface area contributed by atoms with Crippen molar-refractivity contribution in [3.63, 3.8) is 0 Å². The van der Waals surface area contributed by atoms with E-state index >= 15 is 0 Å². The second-order valence-corrected chi connectivity index (χ2v) is 4.57. The summed E-state index contributed by atoms with van der Waals surface area (Å²) >= 11 is 0. The van der Waals surface area contributed by atoms with Gasteiger partial charge in [0, 0.05) is 0 Å². The van der Waals surface area contributed by atoms with Crippen LogP contribution in [0.5, 0.6) is 0 Å². The van der Waals surface area contributed by atoms with E-state index in [0.29, 0.717) is 18.8 Å². The first-order valence-corrected chi connectivity index (χ1v) is 5.34. The van der Waals surface area contributed by atoms with E-state index in [1.54, 1.807) is 0 Å². The molecule has 1 aliphatic carbocycles. The molecule has 1 aliphatic heterocycles. The number of amides is 3. The zero-order valence-corrected chi connectivity index (χ0v) is 8.82. The average Bonchev–Trinajstić information content (AvgIpc) is 2.44. The van der Waals surface area contributed by atoms with Gasteiger partial charge in [-0.05, 0) is 31.6 Å². The van der Waals surface area contributed by atoms with Crippen LogP contribution in [-0.2, 0) is 4.79 Å². The summed E-state index contributed by atoms with van der Waals surface area (Å²) in [5, 5.41) is 11.6. The fourth-order valence-electron chi connectivity index (χ4n) is 2.40. The normalized spacial score (nSPS) is 36.1. The lowest BCUT2D eigenvalue weighted by molar-refractivity contribution is -0.135. The van der Waals surface area contributed by atoms with Gasteiger partial charge in [-0.15, -0.1) is 0 Å². The lowest BCUT2D eigenvalue weighted by Crippen LogP contribution is -2.49. The van der Waals surface area contributed by atoms with Crippen molar-refractivity contribution in [2.75, 3.05) is 6.73 Å². The summed E-state index contributed by atoms with van der Waals surface area (Å²) in [7, 11) is 0. The van der Waals surface area contributed by atoms with Gasteiger partial charge in [0.15, 0.2) is 0 Å². The number of aliphatic hydroxyl groups excluding tert-OH is 1. The highest BCUT2D eigenvalue weighted by molar-refractivity contribution is 6.06. The molecule has 0 aromatic heterocycles. The lowest BCUT2D eigenvalue weighted by atomic mass is 9.77. The van der Waals surface area contributed by atoms with Crippen LogP contribution < -0.4 is 5.32 Å². The maximum atomic E-state index is 11.9. The van der Waals surface area contributed by atoms with Gasteiger partial charge in [-0.1, -0.05) is 6.92 Å². The summed E-state index contributed by atoms with van der Waals surface area (Å²) in [5.74, 6) is 0.352. The molecule has 0 aromatic rings. The molecule has 0 unspecified atom stereocenters. The summed E-state index contributed by atoms with van der Waals surface area (Å²) in [6, 6.07) is -0.461. The molecule has 15 heavy (non-hydrogen) atoms. The van der Waals surface area contributed by atoms with Gasteiger partial charge in [0.2, 0.25) is 0 Å². The molecule has 84 valence electrons. The van der Waals surface area contributed by atoms with Crippen LogP contribution >= 0.6 is 0 Å². The van der Waals surface area contributed by atoms with Gasteiger partial charge in [0.25, 0.3) is 5.91 Å². The van der Waals surface area contributed by atoms with Crippen molar-refractivity contribution in [1.29, 1.82) is 0 Å². The fourth-order valence-corrected chi connectivity index (χ4v) is 2.40. The largest absolute Gasteiger partial charge is 0.376 e. The van der Waals surface area contributed by atoms with Crippen LogP contribution in [0.15, 0.2) is 0 Å². The molecule has 2 N–H and O–H groups in total. The molecule has 1 saturated carbocycles. The number of urea groups is 1. The number of hydrogen-bond acceptors (Lipinski definition) is 3. The maximum absolute atomic E-state index is 11.9. The standard InChI is InChI=1S/C10H16N2O3/c1-7-2-4-10(5-3-7)8(14)12(6-13)9(15)11-10/h7,13H,2-6H2,1H3,(H,11,15). The van der Waals surface area contributed by atoms with E-state index in [0.717, 1.165) is 17.7 Å². The Morgan fingerprint density at radius 1 is 1.47 bits per heavy atom. The van der Waals surface area contributed by atoms with E-state index in [1.165, 1.54) is 0 Å². The van der Waals surface area contributed by atoms with E-state index in [2.05, 4.69) is 12.2 Å². The molecular weight excluding hydrogens is 196 g/mol. The van der Waals surface area contributed by atoms with Gasteiger partial charge in [0.1, 0.15) is 12.3 Å². The van der Waals surface area contributed by atoms with Crippen molar-refractivity contribution in [1.82, 2.24) is 10.2 Å². The van der Waals surface area contributed by atoms with Crippen LogP contribution in [0, 0.1) is 5.92 Å². The molecule has 0 aromatic carbocycles. The molecule has 0 bridgehead atoms. The van der Waals surface area contributed by atoms with Gasteiger partial charge in [-0.2, -0.15) is 0 Å². The topological polar surface area (TPSA) is 69.6 Å². The highest BCUT2D eigenvalue weighted by Crippen LogP contribution is 2.35. The van der Waals surface area contributed by atoms with E-state index in [-0.39, 0.29) is 5.91 Å². The van der Waals surface area contributed by atoms with Gasteiger partial charge in [-0.3, -0.25) is 4.79 Å². The zero-order valence-electron chi connectivity index (χ0n) is 8.82. The first-order valence-electron chi connectivity index (χ1n) is 5.34. The Morgan fingerprint density at radius 2 is 2.07 bits per heavy atom. The third kappa shape index (κ3) is 1.51. The van der Waals surface area contributed by atoms with Gasteiger partial charge >= 0.3 is 6.03 Å². The Hall–Kier alpha value is -1.10. The molecule has 1 saturated heterocycles. The van der Waals surface area contributed by atoms with Crippen LogP contribution in [0.25, 0.3) is 0 Å². The van der Waals surface area contributed by atoms with Crippen molar-refractivity contribution in [3.05, 3.63) is 0 Å². The Balaban J connectivity index is 2.17. The SMILES string of the molecule is CC1CCC2(CC1)NC(=O)N(CO)C2=O. The lowest BCUT2D eigenvalue weighted by Gasteiger charge is -2.33. The smallest absolute Gasteiger partial charge is 0.326 e. The summed E-state index contributed by atoms with van der Waals surface area (Å²) in [6.45, 7) is 1.62. The van der Waals surface area contributed by atoms with Crippen molar-refractivity contribution < 1.29 is 14.7 Å². The van der Waals surface area contributed by atoms with E-state index in [4.69, 9.17) is 5.11 Å². The average molecular weight is 212 g/mol. The first kappa shape index (κ1) is 10.4. The number of nitrogens with zero attached hydrogens (tertiary/aromatic N) is 1. The van der Waals surface area contributed by atoms with Crippen LogP contribution in [0.4, 0.5) is 4.79 Å². The molecule has 0 atom stereocenters. The van der Waals surface area contributed by atoms with Crippen molar-refractivity contribution in [2.24, 2.45) is 5.92 Å². The van der Waals surface area contributed by atoms with Gasteiger partial charge in [-0.25, -0.2) is 9.69 Å². The van der Waals surface area contributed by atoms with Crippen LogP contribution in [0.2, 0.25) is 0 Å². The van der Waals surface area contributed by atoms with E-state index < -0.39 is 18.3 Å². The second kappa shape index (κ2) is 3.48. The minimum Gasteiger partial charge on any atom is -0.376 e. The summed E-state index contributed by atoms with van der Waals surface area (Å²) in [6.07, 6.45) is 3.28. The molecule has 2 rings (SSSR count). The number of imide groups is 1. The molecular formula is C10H16N2O3. The first-order chi connectivity index (χ1) is 7.09. The van der Waals surface area contributed by atoms with E-state index in [9.17, 15) is 9.59 Å². The van der Waals surface area contributed by atoms with Gasteiger partial charge in [0.05, 0.1) is 0 Å². The number of hydrogen-bond donors (Lipinski definition) is 2. The fraction of sp³-hybridized carbons (Fsp3) is 0.800. The molecule has 2 fully saturated rings. The molecule has 5 nitrogen and oxygen atoms in total. The molecule has 5 heteroatoms. The minimum absolute atomic E-state index is 0.262. The summed E-state index contributed by atoms with van der Waals surface area (Å²) < 4.78 is 0. The molecule has 1 spiro atoms. The number of nitrogens with one attached hydrogen (secondary N) is 1. The molecule has 2 aliphatic rings. The Labute approximate surface area is 88.4 Å². The zero-order chi connectivity index (χ0) is 11.1. The molecule has 3 amide bonds. The number of carbonyl (C=O) groups excluding carboxylic acids is 2. The van der Waals surface area contributed by atoms with Crippen LogP contribution in [-0.4, -0.2) is 34.2 Å². The summed E-state index contributed by atoms with van der Waals surface area (Å²) in [4.78, 5) is 24.2. The molecule has 1 heterocycles. The quantitative estimate of drug-likeness (QED) is 0.619. The minimum atomic E-state index is -0.716. The highest BCUT2D eigenvalue weighted by Gasteiger charge is 2.51. The predicted molar refractivity (Wildman–Crippen MR) is 52.8 cm³/mol. The third-order valence-corrected chi connectivity index (χ3v) is 3.52. The highest BCUT2D eigenvalue weighted by atomic mass is 16.3. The third-order valence-electron chi connectivity index (χ3n) is 3.52. The summed E-state index contributed by atoms with van der Waals surface area (Å²) in [5.41, 5.74) is -0.716.